The first-order chi connectivity index (χ1) is 15.6. The van der Waals surface area contributed by atoms with Crippen molar-refractivity contribution in [3.8, 4) is 17.6 Å². The van der Waals surface area contributed by atoms with Gasteiger partial charge in [-0.25, -0.2) is 4.79 Å². The van der Waals surface area contributed by atoms with E-state index in [-0.39, 0.29) is 22.6 Å². The predicted octanol–water partition coefficient (Wildman–Crippen LogP) is 6.17. The average Bonchev–Trinajstić information content (AvgIpc) is 2.78. The van der Waals surface area contributed by atoms with Gasteiger partial charge in [0.2, 0.25) is 5.75 Å². The number of allylic oxidation sites excluding steroid dienone is 1. The van der Waals surface area contributed by atoms with E-state index in [1.54, 1.807) is 18.2 Å². The summed E-state index contributed by atoms with van der Waals surface area (Å²) in [7, 11) is 0. The predicted molar refractivity (Wildman–Crippen MR) is 111 cm³/mol. The Labute approximate surface area is 184 Å². The second-order valence-electron chi connectivity index (χ2n) is 6.66. The van der Waals surface area contributed by atoms with Gasteiger partial charge in [0.1, 0.15) is 5.75 Å². The highest BCUT2D eigenvalue weighted by Crippen LogP contribution is 2.37. The van der Waals surface area contributed by atoms with E-state index >= 15 is 0 Å². The highest BCUT2D eigenvalue weighted by molar-refractivity contribution is 5.92. The molecule has 0 radical (unpaired) electrons. The lowest BCUT2D eigenvalue weighted by molar-refractivity contribution is -0.385. The molecule has 0 amide bonds. The second-order valence-corrected chi connectivity index (χ2v) is 6.66. The molecular weight excluding hydrogens is 441 g/mol. The highest BCUT2D eigenvalue weighted by Gasteiger charge is 2.33. The quantitative estimate of drug-likeness (QED) is 0.206. The normalized spacial score (nSPS) is 11.5. The summed E-state index contributed by atoms with van der Waals surface area (Å²) in [6, 6.07) is 15.7. The van der Waals surface area contributed by atoms with Crippen molar-refractivity contribution >= 4 is 23.3 Å². The number of ether oxygens (including phenoxy) is 1. The minimum absolute atomic E-state index is 0.0786. The minimum Gasteiger partial charge on any atom is -0.478 e. The fourth-order valence-electron chi connectivity index (χ4n) is 2.82. The fourth-order valence-corrected chi connectivity index (χ4v) is 2.82. The van der Waals surface area contributed by atoms with E-state index in [4.69, 9.17) is 9.84 Å². The van der Waals surface area contributed by atoms with Crippen molar-refractivity contribution in [1.29, 1.82) is 5.26 Å². The lowest BCUT2D eigenvalue weighted by Gasteiger charge is -2.10. The molecule has 33 heavy (non-hydrogen) atoms. The third-order valence-electron chi connectivity index (χ3n) is 4.47. The zero-order chi connectivity index (χ0) is 24.2. The molecule has 0 spiro atoms. The minimum atomic E-state index is -4.73. The van der Waals surface area contributed by atoms with E-state index in [0.717, 1.165) is 6.07 Å². The Hall–Kier alpha value is -4.65. The molecule has 3 aromatic rings. The molecule has 0 unspecified atom stereocenters. The van der Waals surface area contributed by atoms with Crippen LogP contribution in [0.2, 0.25) is 0 Å². The smallest absolute Gasteiger partial charge is 0.416 e. The number of nitro groups is 1. The van der Waals surface area contributed by atoms with Gasteiger partial charge < -0.3 is 9.84 Å². The molecule has 1 N–H and O–H groups in total. The first-order valence-electron chi connectivity index (χ1n) is 9.17. The molecule has 0 fully saturated rings. The number of aromatic carboxylic acids is 1. The maximum atomic E-state index is 12.8. The van der Waals surface area contributed by atoms with Gasteiger partial charge in [0.05, 0.1) is 27.7 Å². The number of alkyl halides is 3. The van der Waals surface area contributed by atoms with Crippen LogP contribution in [-0.2, 0) is 6.18 Å². The third-order valence-corrected chi connectivity index (χ3v) is 4.47. The first-order valence-corrected chi connectivity index (χ1v) is 9.17. The molecule has 0 aromatic heterocycles. The summed E-state index contributed by atoms with van der Waals surface area (Å²) < 4.78 is 43.9. The molecular formula is C23H13F3N2O5. The Kier molecular flexibility index (Phi) is 6.44. The van der Waals surface area contributed by atoms with Gasteiger partial charge in [0.15, 0.2) is 0 Å². The first kappa shape index (κ1) is 23.0. The van der Waals surface area contributed by atoms with Crippen molar-refractivity contribution in [2.24, 2.45) is 0 Å². The Bertz CT molecular complexity index is 1280. The number of halogens is 3. The van der Waals surface area contributed by atoms with Gasteiger partial charge in [-0.1, -0.05) is 24.3 Å². The summed E-state index contributed by atoms with van der Waals surface area (Å²) in [6.07, 6.45) is -3.19. The van der Waals surface area contributed by atoms with Crippen LogP contribution in [0, 0.1) is 21.4 Å². The van der Waals surface area contributed by atoms with Crippen molar-refractivity contribution < 1.29 is 32.7 Å². The van der Waals surface area contributed by atoms with Gasteiger partial charge in [-0.15, -0.1) is 0 Å². The zero-order valence-corrected chi connectivity index (χ0v) is 16.5. The Balaban J connectivity index is 1.83. The van der Waals surface area contributed by atoms with Gasteiger partial charge in [-0.3, -0.25) is 10.1 Å². The van der Waals surface area contributed by atoms with Crippen LogP contribution in [-0.4, -0.2) is 16.0 Å². The molecule has 0 aliphatic rings. The molecule has 0 bridgehead atoms. The van der Waals surface area contributed by atoms with E-state index in [1.807, 2.05) is 6.07 Å². The number of hydrogen-bond donors (Lipinski definition) is 1. The number of nitro benzene ring substituents is 1. The van der Waals surface area contributed by atoms with Crippen molar-refractivity contribution in [2.75, 3.05) is 0 Å². The van der Waals surface area contributed by atoms with Gasteiger partial charge in [0, 0.05) is 6.07 Å². The van der Waals surface area contributed by atoms with E-state index in [0.29, 0.717) is 23.3 Å². The molecule has 3 rings (SSSR count). The summed E-state index contributed by atoms with van der Waals surface area (Å²) in [5.74, 6) is -1.31. The van der Waals surface area contributed by atoms with E-state index < -0.39 is 28.3 Å². The van der Waals surface area contributed by atoms with Crippen molar-refractivity contribution in [1.82, 2.24) is 0 Å². The average molecular weight is 454 g/mol. The number of rotatable bonds is 6. The summed E-state index contributed by atoms with van der Waals surface area (Å²) >= 11 is 0. The number of hydrogen-bond acceptors (Lipinski definition) is 5. The molecule has 7 nitrogen and oxygen atoms in total. The van der Waals surface area contributed by atoms with Crippen LogP contribution in [0.5, 0.6) is 11.5 Å². The van der Waals surface area contributed by atoms with Gasteiger partial charge in [0.25, 0.3) is 0 Å². The molecule has 0 saturated carbocycles. The Morgan fingerprint density at radius 1 is 1.03 bits per heavy atom. The molecule has 166 valence electrons. The van der Waals surface area contributed by atoms with E-state index in [1.165, 1.54) is 36.4 Å². The number of nitriles is 1. The number of nitrogens with zero attached hydrogens (tertiary/aromatic N) is 2. The van der Waals surface area contributed by atoms with E-state index in [9.17, 15) is 33.3 Å². The lowest BCUT2D eigenvalue weighted by atomic mass is 10.0. The van der Waals surface area contributed by atoms with Crippen molar-refractivity contribution in [3.05, 3.63) is 99.1 Å². The van der Waals surface area contributed by atoms with Crippen LogP contribution < -0.4 is 4.74 Å². The van der Waals surface area contributed by atoms with Gasteiger partial charge in [-0.2, -0.15) is 18.4 Å². The van der Waals surface area contributed by atoms with Crippen LogP contribution in [0.25, 0.3) is 11.6 Å². The highest BCUT2D eigenvalue weighted by atomic mass is 19.4. The monoisotopic (exact) mass is 454 g/mol. The summed E-state index contributed by atoms with van der Waals surface area (Å²) in [4.78, 5) is 21.2. The third kappa shape index (κ3) is 5.54. The molecule has 0 atom stereocenters. The molecule has 0 heterocycles. The van der Waals surface area contributed by atoms with Gasteiger partial charge >= 0.3 is 17.8 Å². The van der Waals surface area contributed by atoms with Crippen LogP contribution in [0.1, 0.15) is 27.0 Å². The molecule has 0 saturated heterocycles. The molecule has 10 heteroatoms. The number of benzene rings is 3. The molecule has 0 aliphatic heterocycles. The van der Waals surface area contributed by atoms with Crippen LogP contribution in [0.3, 0.4) is 0 Å². The van der Waals surface area contributed by atoms with Crippen molar-refractivity contribution in [2.45, 2.75) is 6.18 Å². The molecule has 0 aliphatic carbocycles. The summed E-state index contributed by atoms with van der Waals surface area (Å²) in [5, 5.41) is 29.6. The number of carbonyl (C=O) groups is 1. The summed E-state index contributed by atoms with van der Waals surface area (Å²) in [5.41, 5.74) is -0.576. The standard InChI is InChI=1S/C23H13F3N2O5/c24-23(25,26)18-7-10-21(20(12-18)28(31)32)33-19-8-1-14(2-9-19)11-17(13-27)15-3-5-16(6-4-15)22(29)30/h1-12H,(H,29,30)/b17-11+. The van der Waals surface area contributed by atoms with Crippen LogP contribution in [0.4, 0.5) is 18.9 Å². The van der Waals surface area contributed by atoms with Gasteiger partial charge in [-0.05, 0) is 53.6 Å². The Morgan fingerprint density at radius 3 is 2.15 bits per heavy atom. The number of carboxylic acids is 1. The molecule has 3 aromatic carbocycles. The van der Waals surface area contributed by atoms with Crippen LogP contribution in [0.15, 0.2) is 66.7 Å². The maximum absolute atomic E-state index is 12.8. The zero-order valence-electron chi connectivity index (χ0n) is 16.5. The van der Waals surface area contributed by atoms with Crippen molar-refractivity contribution in [3.63, 3.8) is 0 Å². The topological polar surface area (TPSA) is 113 Å². The fraction of sp³-hybridized carbons (Fsp3) is 0.0435. The lowest BCUT2D eigenvalue weighted by Crippen LogP contribution is -2.06. The largest absolute Gasteiger partial charge is 0.478 e. The maximum Gasteiger partial charge on any atom is 0.416 e. The van der Waals surface area contributed by atoms with E-state index in [2.05, 4.69) is 0 Å². The summed E-state index contributed by atoms with van der Waals surface area (Å²) in [6.45, 7) is 0. The Morgan fingerprint density at radius 2 is 1.64 bits per heavy atom. The SMILES string of the molecule is N#C/C(=C\c1ccc(Oc2ccc(C(F)(F)F)cc2[N+](=O)[O-])cc1)c1ccc(C(=O)O)cc1. The number of carboxylic acid groups (broad SMARTS) is 1. The van der Waals surface area contributed by atoms with Crippen LogP contribution >= 0.6 is 0 Å². The second kappa shape index (κ2) is 9.23.